The number of hydrogen-bond acceptors (Lipinski definition) is 4. The van der Waals surface area contributed by atoms with Crippen LogP contribution in [0.1, 0.15) is 39.3 Å². The van der Waals surface area contributed by atoms with Crippen LogP contribution in [-0.2, 0) is 13.6 Å². The van der Waals surface area contributed by atoms with E-state index in [0.717, 1.165) is 34.9 Å². The third-order valence-electron chi connectivity index (χ3n) is 7.52. The molecule has 3 heterocycles. The van der Waals surface area contributed by atoms with E-state index in [4.69, 9.17) is 4.74 Å². The number of fused-ring (bicyclic) bond motifs is 2. The second-order valence-corrected chi connectivity index (χ2v) is 10.1. The minimum absolute atomic E-state index is 0.00268. The summed E-state index contributed by atoms with van der Waals surface area (Å²) in [7, 11) is 3.50. The molecule has 0 aliphatic carbocycles. The number of likely N-dealkylation sites (tertiary alicyclic amines) is 1. The van der Waals surface area contributed by atoms with Crippen molar-refractivity contribution < 1.29 is 27.5 Å². The molecule has 0 bridgehead atoms. The van der Waals surface area contributed by atoms with Crippen LogP contribution in [0.25, 0.3) is 21.8 Å². The van der Waals surface area contributed by atoms with Crippen molar-refractivity contribution in [2.45, 2.75) is 32.5 Å². The van der Waals surface area contributed by atoms with Gasteiger partial charge in [-0.25, -0.2) is 0 Å². The molecular weight excluding hydrogens is 511 g/mol. The molecule has 1 N–H and O–H groups in total. The van der Waals surface area contributed by atoms with Gasteiger partial charge in [-0.1, -0.05) is 0 Å². The molecule has 2 amide bonds. The zero-order valence-corrected chi connectivity index (χ0v) is 22.0. The van der Waals surface area contributed by atoms with Gasteiger partial charge in [0.1, 0.15) is 18.0 Å². The number of piperidine rings is 1. The summed E-state index contributed by atoms with van der Waals surface area (Å²) in [4.78, 5) is 27.5. The number of rotatable bonds is 6. The number of halogens is 3. The van der Waals surface area contributed by atoms with Gasteiger partial charge in [0.05, 0.1) is 18.1 Å². The van der Waals surface area contributed by atoms with Crippen LogP contribution in [0, 0.1) is 12.8 Å². The predicted octanol–water partition coefficient (Wildman–Crippen LogP) is 4.69. The van der Waals surface area contributed by atoms with Crippen LogP contribution in [0.15, 0.2) is 42.6 Å². The molecule has 0 radical (unpaired) electrons. The minimum atomic E-state index is -4.47. The van der Waals surface area contributed by atoms with Crippen LogP contribution in [0.3, 0.4) is 0 Å². The highest BCUT2D eigenvalue weighted by Gasteiger charge is 2.29. The molecular formula is C28H30F3N5O3. The molecule has 0 unspecified atom stereocenters. The average Bonchev–Trinajstić information content (AvgIpc) is 3.47. The quantitative estimate of drug-likeness (QED) is 0.384. The van der Waals surface area contributed by atoms with E-state index in [1.807, 2.05) is 57.0 Å². The van der Waals surface area contributed by atoms with Crippen molar-refractivity contribution in [3.8, 4) is 5.75 Å². The summed E-state index contributed by atoms with van der Waals surface area (Å²) in [6.07, 6.45) is -0.984. The van der Waals surface area contributed by atoms with Gasteiger partial charge in [0.2, 0.25) is 0 Å². The lowest BCUT2D eigenvalue weighted by atomic mass is 9.96. The van der Waals surface area contributed by atoms with Gasteiger partial charge < -0.3 is 19.5 Å². The molecule has 0 spiro atoms. The van der Waals surface area contributed by atoms with E-state index >= 15 is 0 Å². The highest BCUT2D eigenvalue weighted by atomic mass is 19.4. The topological polar surface area (TPSA) is 81.4 Å². The summed E-state index contributed by atoms with van der Waals surface area (Å²) in [5.74, 6) is 0.297. The number of nitrogens with one attached hydrogen (secondary N) is 1. The van der Waals surface area contributed by atoms with Gasteiger partial charge in [0.15, 0.2) is 0 Å². The van der Waals surface area contributed by atoms with E-state index in [9.17, 15) is 22.8 Å². The number of hydrogen-bond donors (Lipinski definition) is 1. The molecule has 1 aliphatic rings. The zero-order chi connectivity index (χ0) is 27.9. The Bertz CT molecular complexity index is 1550. The third kappa shape index (κ3) is 5.43. The van der Waals surface area contributed by atoms with Gasteiger partial charge in [0, 0.05) is 55.3 Å². The molecule has 11 heteroatoms. The van der Waals surface area contributed by atoms with Crippen LogP contribution >= 0.6 is 0 Å². The Kier molecular flexibility index (Phi) is 7.00. The van der Waals surface area contributed by atoms with Gasteiger partial charge in [0.25, 0.3) is 11.8 Å². The van der Waals surface area contributed by atoms with Crippen LogP contribution in [-0.4, -0.2) is 64.0 Å². The molecule has 0 saturated carbocycles. The van der Waals surface area contributed by atoms with Crippen molar-refractivity contribution in [1.29, 1.82) is 0 Å². The molecule has 2 aromatic carbocycles. The van der Waals surface area contributed by atoms with Crippen molar-refractivity contribution >= 4 is 33.6 Å². The monoisotopic (exact) mass is 541 g/mol. The molecule has 39 heavy (non-hydrogen) atoms. The highest BCUT2D eigenvalue weighted by molar-refractivity contribution is 6.01. The van der Waals surface area contributed by atoms with Crippen LogP contribution in [0.2, 0.25) is 0 Å². The summed E-state index contributed by atoms with van der Waals surface area (Å²) in [6.45, 7) is 2.26. The van der Waals surface area contributed by atoms with Crippen molar-refractivity contribution in [2.75, 3.05) is 26.7 Å². The van der Waals surface area contributed by atoms with Gasteiger partial charge in [-0.15, -0.1) is 0 Å². The molecule has 2 aromatic heterocycles. The molecule has 1 saturated heterocycles. The van der Waals surface area contributed by atoms with Crippen LogP contribution in [0.5, 0.6) is 5.75 Å². The molecule has 5 rings (SSSR count). The standard InChI is InChI=1S/C28H30F3N5O3/c1-17-21(26(37)32-16-28(29,30)31)6-7-23-22(17)15-36(33-23)14-18-8-10-35(11-9-18)27(38)25-12-19-4-5-20(39-3)13-24(19)34(25)2/h4-7,12-13,15,18H,8-11,14,16H2,1-3H3,(H,32,37). The van der Waals surface area contributed by atoms with Crippen molar-refractivity contribution in [1.82, 2.24) is 24.6 Å². The maximum atomic E-state index is 13.3. The van der Waals surface area contributed by atoms with Crippen molar-refractivity contribution in [3.63, 3.8) is 0 Å². The number of aromatic nitrogens is 3. The van der Waals surface area contributed by atoms with Crippen molar-refractivity contribution in [3.05, 3.63) is 59.4 Å². The number of aryl methyl sites for hydroxylation is 2. The predicted molar refractivity (Wildman–Crippen MR) is 141 cm³/mol. The highest BCUT2D eigenvalue weighted by Crippen LogP contribution is 2.27. The number of benzene rings is 2. The largest absolute Gasteiger partial charge is 0.497 e. The summed E-state index contributed by atoms with van der Waals surface area (Å²) >= 11 is 0. The molecule has 206 valence electrons. The zero-order valence-electron chi connectivity index (χ0n) is 22.0. The van der Waals surface area contributed by atoms with E-state index in [-0.39, 0.29) is 11.5 Å². The lowest BCUT2D eigenvalue weighted by molar-refractivity contribution is -0.123. The second kappa shape index (κ2) is 10.3. The molecule has 8 nitrogen and oxygen atoms in total. The number of nitrogens with zero attached hydrogens (tertiary/aromatic N) is 4. The van der Waals surface area contributed by atoms with Gasteiger partial charge in [-0.2, -0.15) is 18.3 Å². The normalized spacial score (nSPS) is 14.8. The fourth-order valence-corrected chi connectivity index (χ4v) is 5.28. The van der Waals surface area contributed by atoms with Crippen LogP contribution in [0.4, 0.5) is 13.2 Å². The first-order valence-corrected chi connectivity index (χ1v) is 12.8. The van der Waals surface area contributed by atoms with Gasteiger partial charge >= 0.3 is 6.18 Å². The summed E-state index contributed by atoms with van der Waals surface area (Å²) in [5.41, 5.74) is 3.05. The number of carbonyl (C=O) groups is 2. The Balaban J connectivity index is 1.23. The van der Waals surface area contributed by atoms with Gasteiger partial charge in [-0.3, -0.25) is 14.3 Å². The second-order valence-electron chi connectivity index (χ2n) is 10.1. The number of alkyl halides is 3. The smallest absolute Gasteiger partial charge is 0.405 e. The number of amides is 2. The maximum absolute atomic E-state index is 13.3. The Morgan fingerprint density at radius 1 is 1.13 bits per heavy atom. The number of ether oxygens (including phenoxy) is 1. The molecule has 1 fully saturated rings. The maximum Gasteiger partial charge on any atom is 0.405 e. The molecule has 1 aliphatic heterocycles. The molecule has 4 aromatic rings. The lowest BCUT2D eigenvalue weighted by Crippen LogP contribution is -2.40. The van der Waals surface area contributed by atoms with Crippen molar-refractivity contribution in [2.24, 2.45) is 13.0 Å². The average molecular weight is 542 g/mol. The molecule has 0 atom stereocenters. The third-order valence-corrected chi connectivity index (χ3v) is 7.52. The van der Waals surface area contributed by atoms with E-state index in [2.05, 4.69) is 5.10 Å². The summed E-state index contributed by atoms with van der Waals surface area (Å²) in [5, 5.41) is 8.26. The SMILES string of the molecule is COc1ccc2cc(C(=O)N3CCC(Cn4cc5c(C)c(C(=O)NCC(F)(F)F)ccc5n4)CC3)n(C)c2c1. The van der Waals surface area contributed by atoms with Gasteiger partial charge in [-0.05, 0) is 61.6 Å². The van der Waals surface area contributed by atoms with E-state index in [1.165, 1.54) is 6.07 Å². The van der Waals surface area contributed by atoms with Crippen LogP contribution < -0.4 is 10.1 Å². The first-order chi connectivity index (χ1) is 18.5. The fraction of sp³-hybridized carbons (Fsp3) is 0.393. The summed E-state index contributed by atoms with van der Waals surface area (Å²) in [6, 6.07) is 10.8. The number of carbonyl (C=O) groups excluding carboxylic acids is 2. The Morgan fingerprint density at radius 3 is 2.56 bits per heavy atom. The first kappa shape index (κ1) is 26.6. The Hall–Kier alpha value is -4.02. The van der Waals surface area contributed by atoms with E-state index in [0.29, 0.717) is 42.3 Å². The number of methoxy groups -OCH3 is 1. The Labute approximate surface area is 223 Å². The van der Waals surface area contributed by atoms with E-state index < -0.39 is 18.6 Å². The summed E-state index contributed by atoms with van der Waals surface area (Å²) < 4.78 is 46.5. The first-order valence-electron chi connectivity index (χ1n) is 12.8. The van der Waals surface area contributed by atoms with E-state index in [1.54, 1.807) is 20.1 Å². The fourth-order valence-electron chi connectivity index (χ4n) is 5.28. The minimum Gasteiger partial charge on any atom is -0.497 e. The lowest BCUT2D eigenvalue weighted by Gasteiger charge is -2.32. The Morgan fingerprint density at radius 2 is 1.87 bits per heavy atom.